The molecule has 0 heterocycles. The van der Waals surface area contributed by atoms with Crippen molar-refractivity contribution in [1.29, 1.82) is 0 Å². The third-order valence-electron chi connectivity index (χ3n) is 5.11. The molecule has 0 unspecified atom stereocenters. The fraction of sp³-hybridized carbons (Fsp3) is 0.550. The van der Waals surface area contributed by atoms with E-state index in [9.17, 15) is 14.4 Å². The Morgan fingerprint density at radius 2 is 1.77 bits per heavy atom. The van der Waals surface area contributed by atoms with Gasteiger partial charge >= 0.3 is 0 Å². The summed E-state index contributed by atoms with van der Waals surface area (Å²) >= 11 is 0. The van der Waals surface area contributed by atoms with E-state index in [1.54, 1.807) is 6.92 Å². The van der Waals surface area contributed by atoms with E-state index >= 15 is 0 Å². The van der Waals surface area contributed by atoms with Crippen LogP contribution in [0.2, 0.25) is 0 Å². The second-order valence-electron chi connectivity index (χ2n) is 7.06. The molecular weight excluding hydrogens is 330 g/mol. The number of carbonyl (C=O) groups is 3. The number of hydrogen-bond donors (Lipinski definition) is 2. The predicted octanol–water partition coefficient (Wildman–Crippen LogP) is 2.38. The Kier molecular flexibility index (Phi) is 6.77. The molecular formula is C20H29N3O3. The predicted molar refractivity (Wildman–Crippen MR) is 102 cm³/mol. The molecule has 2 rings (SSSR count). The second kappa shape index (κ2) is 8.83. The van der Waals surface area contributed by atoms with Crippen LogP contribution in [0.5, 0.6) is 0 Å². The number of amides is 3. The second-order valence-corrected chi connectivity index (χ2v) is 7.06. The summed E-state index contributed by atoms with van der Waals surface area (Å²) in [5.74, 6) is -0.732. The van der Waals surface area contributed by atoms with E-state index in [1.165, 1.54) is 11.8 Å². The zero-order chi connectivity index (χ0) is 19.2. The molecule has 0 saturated heterocycles. The minimum atomic E-state index is -1.03. The van der Waals surface area contributed by atoms with Gasteiger partial charge in [0.15, 0.2) is 0 Å². The fourth-order valence-electron chi connectivity index (χ4n) is 3.39. The van der Waals surface area contributed by atoms with E-state index < -0.39 is 5.54 Å². The van der Waals surface area contributed by atoms with Crippen LogP contribution < -0.4 is 15.5 Å². The van der Waals surface area contributed by atoms with E-state index in [0.717, 1.165) is 25.7 Å². The minimum absolute atomic E-state index is 0.142. The standard InChI is InChI=1S/C20H29N3O3/c1-4-20(3,19(26)22-16-10-8-9-11-16)23(17-12-6-5-7-13-17)18(25)14-21-15(2)24/h5-7,12-13,16H,4,8-11,14H2,1-3H3,(H,21,24)(H,22,26)/t20-/m0/s1. The van der Waals surface area contributed by atoms with E-state index in [0.29, 0.717) is 12.1 Å². The molecule has 1 aromatic carbocycles. The van der Waals surface area contributed by atoms with E-state index in [2.05, 4.69) is 10.6 Å². The maximum absolute atomic E-state index is 13.1. The van der Waals surface area contributed by atoms with Crippen molar-refractivity contribution in [1.82, 2.24) is 10.6 Å². The van der Waals surface area contributed by atoms with Gasteiger partial charge in [-0.2, -0.15) is 0 Å². The van der Waals surface area contributed by atoms with Crippen molar-refractivity contribution in [2.45, 2.75) is 64.5 Å². The molecule has 0 spiro atoms. The van der Waals surface area contributed by atoms with Gasteiger partial charge in [-0.3, -0.25) is 19.3 Å². The van der Waals surface area contributed by atoms with Gasteiger partial charge in [0.1, 0.15) is 5.54 Å². The van der Waals surface area contributed by atoms with Crippen LogP contribution in [0.1, 0.15) is 52.9 Å². The maximum Gasteiger partial charge on any atom is 0.247 e. The Labute approximate surface area is 155 Å². The largest absolute Gasteiger partial charge is 0.351 e. The third-order valence-corrected chi connectivity index (χ3v) is 5.11. The molecule has 142 valence electrons. The normalized spacial score (nSPS) is 16.6. The minimum Gasteiger partial charge on any atom is -0.351 e. The first-order chi connectivity index (χ1) is 12.4. The Balaban J connectivity index is 2.31. The molecule has 0 aromatic heterocycles. The van der Waals surface area contributed by atoms with Crippen LogP contribution in [0.25, 0.3) is 0 Å². The monoisotopic (exact) mass is 359 g/mol. The zero-order valence-electron chi connectivity index (χ0n) is 15.9. The summed E-state index contributed by atoms with van der Waals surface area (Å²) in [5.41, 5.74) is -0.381. The number of anilines is 1. The van der Waals surface area contributed by atoms with Gasteiger partial charge < -0.3 is 10.6 Å². The molecule has 0 bridgehead atoms. The number of hydrogen-bond acceptors (Lipinski definition) is 3. The first-order valence-corrected chi connectivity index (χ1v) is 9.32. The lowest BCUT2D eigenvalue weighted by molar-refractivity contribution is -0.130. The highest BCUT2D eigenvalue weighted by Crippen LogP contribution is 2.28. The van der Waals surface area contributed by atoms with Crippen LogP contribution in [-0.4, -0.2) is 35.8 Å². The van der Waals surface area contributed by atoms with Crippen molar-refractivity contribution in [3.63, 3.8) is 0 Å². The van der Waals surface area contributed by atoms with Crippen molar-refractivity contribution in [2.75, 3.05) is 11.4 Å². The summed E-state index contributed by atoms with van der Waals surface area (Å²) in [6.45, 7) is 4.91. The molecule has 1 aliphatic rings. The lowest BCUT2D eigenvalue weighted by Crippen LogP contribution is -2.61. The summed E-state index contributed by atoms with van der Waals surface area (Å²) in [6.07, 6.45) is 4.68. The highest BCUT2D eigenvalue weighted by Gasteiger charge is 2.42. The van der Waals surface area contributed by atoms with E-state index in [-0.39, 0.29) is 30.3 Å². The fourth-order valence-corrected chi connectivity index (χ4v) is 3.39. The Morgan fingerprint density at radius 1 is 1.15 bits per heavy atom. The van der Waals surface area contributed by atoms with Gasteiger partial charge in [-0.15, -0.1) is 0 Å². The lowest BCUT2D eigenvalue weighted by Gasteiger charge is -2.40. The molecule has 1 saturated carbocycles. The van der Waals surface area contributed by atoms with Crippen LogP contribution in [0.4, 0.5) is 5.69 Å². The summed E-state index contributed by atoms with van der Waals surface area (Å²) in [7, 11) is 0. The zero-order valence-corrected chi connectivity index (χ0v) is 15.9. The SMILES string of the molecule is CC[C@@](C)(C(=O)NC1CCCC1)N(C(=O)CNC(C)=O)c1ccccc1. The Morgan fingerprint density at radius 3 is 2.31 bits per heavy atom. The summed E-state index contributed by atoms with van der Waals surface area (Å²) in [4.78, 5) is 38.8. The van der Waals surface area contributed by atoms with Crippen LogP contribution in [-0.2, 0) is 14.4 Å². The van der Waals surface area contributed by atoms with Gasteiger partial charge in [-0.05, 0) is 38.3 Å². The molecule has 6 nitrogen and oxygen atoms in total. The van der Waals surface area contributed by atoms with Gasteiger partial charge in [-0.25, -0.2) is 0 Å². The van der Waals surface area contributed by atoms with E-state index in [4.69, 9.17) is 0 Å². The molecule has 0 aliphatic heterocycles. The quantitative estimate of drug-likeness (QED) is 0.784. The Hall–Kier alpha value is -2.37. The first kappa shape index (κ1) is 19.9. The number of para-hydroxylation sites is 1. The third kappa shape index (κ3) is 4.62. The van der Waals surface area contributed by atoms with Crippen molar-refractivity contribution >= 4 is 23.4 Å². The molecule has 0 radical (unpaired) electrons. The number of carbonyl (C=O) groups excluding carboxylic acids is 3. The van der Waals surface area contributed by atoms with Gasteiger partial charge in [-0.1, -0.05) is 38.0 Å². The highest BCUT2D eigenvalue weighted by molar-refractivity contribution is 6.04. The van der Waals surface area contributed by atoms with Crippen molar-refractivity contribution < 1.29 is 14.4 Å². The van der Waals surface area contributed by atoms with Crippen LogP contribution in [0.15, 0.2) is 30.3 Å². The molecule has 1 fully saturated rings. The maximum atomic E-state index is 13.1. The van der Waals surface area contributed by atoms with Gasteiger partial charge in [0.25, 0.3) is 0 Å². The molecule has 1 atom stereocenters. The average molecular weight is 359 g/mol. The Bertz CT molecular complexity index is 641. The number of rotatable bonds is 7. The summed E-state index contributed by atoms with van der Waals surface area (Å²) in [6, 6.07) is 9.32. The number of benzene rings is 1. The molecule has 1 aliphatic carbocycles. The molecule has 1 aromatic rings. The van der Waals surface area contributed by atoms with Crippen molar-refractivity contribution in [2.24, 2.45) is 0 Å². The van der Waals surface area contributed by atoms with Crippen LogP contribution >= 0.6 is 0 Å². The highest BCUT2D eigenvalue weighted by atomic mass is 16.2. The smallest absolute Gasteiger partial charge is 0.247 e. The number of nitrogens with one attached hydrogen (secondary N) is 2. The van der Waals surface area contributed by atoms with Crippen LogP contribution in [0.3, 0.4) is 0 Å². The van der Waals surface area contributed by atoms with Gasteiger partial charge in [0.2, 0.25) is 17.7 Å². The first-order valence-electron chi connectivity index (χ1n) is 9.32. The van der Waals surface area contributed by atoms with E-state index in [1.807, 2.05) is 37.3 Å². The summed E-state index contributed by atoms with van der Waals surface area (Å²) < 4.78 is 0. The molecule has 3 amide bonds. The van der Waals surface area contributed by atoms with Crippen molar-refractivity contribution in [3.05, 3.63) is 30.3 Å². The molecule has 2 N–H and O–H groups in total. The van der Waals surface area contributed by atoms with Crippen molar-refractivity contribution in [3.8, 4) is 0 Å². The van der Waals surface area contributed by atoms with Gasteiger partial charge in [0.05, 0.1) is 6.54 Å². The topological polar surface area (TPSA) is 78.5 Å². The van der Waals surface area contributed by atoms with Crippen LogP contribution in [0, 0.1) is 0 Å². The summed E-state index contributed by atoms with van der Waals surface area (Å²) in [5, 5.41) is 5.66. The van der Waals surface area contributed by atoms with Gasteiger partial charge in [0, 0.05) is 18.7 Å². The molecule has 6 heteroatoms. The lowest BCUT2D eigenvalue weighted by atomic mass is 9.93. The average Bonchev–Trinajstić information content (AvgIpc) is 3.13. The number of nitrogens with zero attached hydrogens (tertiary/aromatic N) is 1. The molecule has 26 heavy (non-hydrogen) atoms.